The number of hydrogen-bond acceptors (Lipinski definition) is 3. The van der Waals surface area contributed by atoms with Gasteiger partial charge in [-0.05, 0) is 32.6 Å². The Bertz CT molecular complexity index is 432. The Morgan fingerprint density at radius 3 is 2.78 bits per heavy atom. The standard InChI is InChI=1S/C15H22O3/c1-8-6-5-7-9-10(16)11-12(18-11)13(14(2,3)17)15(8,9)4/h7-8,11-13,17H,5-6H2,1-4H3. The second-order valence-electron chi connectivity index (χ2n) is 6.90. The molecular weight excluding hydrogens is 228 g/mol. The van der Waals surface area contributed by atoms with Gasteiger partial charge >= 0.3 is 0 Å². The van der Waals surface area contributed by atoms with Crippen molar-refractivity contribution in [2.75, 3.05) is 0 Å². The van der Waals surface area contributed by atoms with Crippen molar-refractivity contribution >= 4 is 5.78 Å². The largest absolute Gasteiger partial charge is 0.390 e. The van der Waals surface area contributed by atoms with E-state index < -0.39 is 5.60 Å². The highest BCUT2D eigenvalue weighted by molar-refractivity contribution is 6.03. The molecule has 2 aliphatic carbocycles. The highest BCUT2D eigenvalue weighted by Gasteiger charge is 2.67. The number of fused-ring (bicyclic) bond motifs is 2. The average Bonchev–Trinajstić information content (AvgIpc) is 2.99. The van der Waals surface area contributed by atoms with Crippen LogP contribution in [-0.4, -0.2) is 28.7 Å². The molecule has 0 bridgehead atoms. The summed E-state index contributed by atoms with van der Waals surface area (Å²) in [5.74, 6) is 0.576. The average molecular weight is 250 g/mol. The minimum absolute atomic E-state index is 0.00856. The second kappa shape index (κ2) is 3.45. The molecule has 100 valence electrons. The maximum absolute atomic E-state index is 12.3. The molecule has 5 atom stereocenters. The Hall–Kier alpha value is -0.670. The predicted molar refractivity (Wildman–Crippen MR) is 68.0 cm³/mol. The summed E-state index contributed by atoms with van der Waals surface area (Å²) in [6.45, 7) is 8.02. The Balaban J connectivity index is 2.13. The Labute approximate surface area is 108 Å². The summed E-state index contributed by atoms with van der Waals surface area (Å²) in [5.41, 5.74) is -0.155. The van der Waals surface area contributed by atoms with E-state index in [0.29, 0.717) is 5.92 Å². The molecule has 3 heteroatoms. The molecule has 0 aromatic rings. The third-order valence-electron chi connectivity index (χ3n) is 5.34. The van der Waals surface area contributed by atoms with Crippen LogP contribution >= 0.6 is 0 Å². The summed E-state index contributed by atoms with van der Waals surface area (Å²) >= 11 is 0. The van der Waals surface area contributed by atoms with Gasteiger partial charge in [0.1, 0.15) is 6.10 Å². The van der Waals surface area contributed by atoms with E-state index in [4.69, 9.17) is 4.74 Å². The monoisotopic (exact) mass is 250 g/mol. The first-order chi connectivity index (χ1) is 8.28. The third kappa shape index (κ3) is 1.41. The molecule has 0 aromatic heterocycles. The lowest BCUT2D eigenvalue weighted by Crippen LogP contribution is -2.55. The van der Waals surface area contributed by atoms with Gasteiger partial charge in [-0.3, -0.25) is 4.79 Å². The van der Waals surface area contributed by atoms with E-state index in [-0.39, 0.29) is 29.3 Å². The SMILES string of the molecule is CC1CCC=C2C(=O)C3OC3C(C(C)(C)O)C21C. The molecule has 5 unspecified atom stereocenters. The van der Waals surface area contributed by atoms with Crippen molar-refractivity contribution in [3.63, 3.8) is 0 Å². The number of hydrogen-bond donors (Lipinski definition) is 1. The number of rotatable bonds is 1. The van der Waals surface area contributed by atoms with Crippen LogP contribution in [0.15, 0.2) is 11.6 Å². The van der Waals surface area contributed by atoms with Gasteiger partial charge in [-0.1, -0.05) is 19.9 Å². The van der Waals surface area contributed by atoms with Crippen molar-refractivity contribution in [3.05, 3.63) is 11.6 Å². The van der Waals surface area contributed by atoms with Crippen LogP contribution < -0.4 is 0 Å². The lowest BCUT2D eigenvalue weighted by Gasteiger charge is -2.51. The maximum Gasteiger partial charge on any atom is 0.190 e. The van der Waals surface area contributed by atoms with Crippen LogP contribution in [0.4, 0.5) is 0 Å². The molecule has 1 saturated heterocycles. The van der Waals surface area contributed by atoms with Gasteiger partial charge in [-0.15, -0.1) is 0 Å². The maximum atomic E-state index is 12.3. The van der Waals surface area contributed by atoms with Crippen LogP contribution in [0, 0.1) is 17.3 Å². The van der Waals surface area contributed by atoms with Crippen LogP contribution in [0.2, 0.25) is 0 Å². The molecule has 0 aromatic carbocycles. The van der Waals surface area contributed by atoms with E-state index in [1.807, 2.05) is 13.8 Å². The summed E-state index contributed by atoms with van der Waals surface area (Å²) in [5, 5.41) is 10.5. The summed E-state index contributed by atoms with van der Waals surface area (Å²) in [7, 11) is 0. The van der Waals surface area contributed by atoms with Crippen LogP contribution in [0.1, 0.15) is 40.5 Å². The molecule has 1 heterocycles. The van der Waals surface area contributed by atoms with Gasteiger partial charge in [0.25, 0.3) is 0 Å². The first-order valence-corrected chi connectivity index (χ1v) is 6.90. The fourth-order valence-corrected chi connectivity index (χ4v) is 4.32. The predicted octanol–water partition coefficient (Wildman–Crippen LogP) is 2.09. The topological polar surface area (TPSA) is 49.8 Å². The van der Waals surface area contributed by atoms with Gasteiger partial charge in [0.2, 0.25) is 0 Å². The van der Waals surface area contributed by atoms with Crippen molar-refractivity contribution in [1.82, 2.24) is 0 Å². The van der Waals surface area contributed by atoms with Crippen molar-refractivity contribution in [3.8, 4) is 0 Å². The Kier molecular flexibility index (Phi) is 2.37. The molecule has 1 N–H and O–H groups in total. The van der Waals surface area contributed by atoms with E-state index in [1.54, 1.807) is 0 Å². The molecule has 1 aliphatic heterocycles. The normalized spacial score (nSPS) is 47.2. The number of carbonyl (C=O) groups excluding carboxylic acids is 1. The number of epoxide rings is 1. The number of carbonyl (C=O) groups is 1. The molecule has 1 saturated carbocycles. The lowest BCUT2D eigenvalue weighted by molar-refractivity contribution is -0.123. The van der Waals surface area contributed by atoms with Crippen LogP contribution in [0.3, 0.4) is 0 Å². The van der Waals surface area contributed by atoms with Crippen molar-refractivity contribution in [2.24, 2.45) is 17.3 Å². The van der Waals surface area contributed by atoms with E-state index in [1.165, 1.54) is 0 Å². The molecule has 3 rings (SSSR count). The fourth-order valence-electron chi connectivity index (χ4n) is 4.32. The number of ether oxygens (including phenoxy) is 1. The summed E-state index contributed by atoms with van der Waals surface area (Å²) in [6.07, 6.45) is 3.76. The van der Waals surface area contributed by atoms with Gasteiger partial charge in [-0.2, -0.15) is 0 Å². The van der Waals surface area contributed by atoms with E-state index in [2.05, 4.69) is 19.9 Å². The van der Waals surface area contributed by atoms with Crippen molar-refractivity contribution in [1.29, 1.82) is 0 Å². The number of ketones is 1. The first kappa shape index (κ1) is 12.4. The number of allylic oxidation sites excluding steroid dienone is 1. The highest BCUT2D eigenvalue weighted by Crippen LogP contribution is 2.60. The first-order valence-electron chi connectivity index (χ1n) is 6.90. The van der Waals surface area contributed by atoms with Crippen LogP contribution in [0.25, 0.3) is 0 Å². The molecule has 0 amide bonds. The van der Waals surface area contributed by atoms with Crippen LogP contribution in [0.5, 0.6) is 0 Å². The highest BCUT2D eigenvalue weighted by atomic mass is 16.6. The number of Topliss-reactive ketones (excluding diaryl/α,β-unsaturated/α-hetero) is 1. The van der Waals surface area contributed by atoms with Gasteiger partial charge in [0, 0.05) is 16.9 Å². The zero-order chi connectivity index (χ0) is 13.3. The van der Waals surface area contributed by atoms with Gasteiger partial charge in [0.05, 0.1) is 11.7 Å². The van der Waals surface area contributed by atoms with Crippen molar-refractivity contribution < 1.29 is 14.6 Å². The Morgan fingerprint density at radius 2 is 2.17 bits per heavy atom. The van der Waals surface area contributed by atoms with E-state index in [0.717, 1.165) is 18.4 Å². The molecule has 0 spiro atoms. The molecular formula is C15H22O3. The molecule has 2 fully saturated rings. The second-order valence-corrected chi connectivity index (χ2v) is 6.90. The fraction of sp³-hybridized carbons (Fsp3) is 0.800. The van der Waals surface area contributed by atoms with E-state index >= 15 is 0 Å². The number of aliphatic hydroxyl groups is 1. The lowest BCUT2D eigenvalue weighted by atomic mass is 9.52. The minimum atomic E-state index is -0.820. The van der Waals surface area contributed by atoms with Crippen molar-refractivity contribution in [2.45, 2.75) is 58.3 Å². The van der Waals surface area contributed by atoms with Gasteiger partial charge < -0.3 is 9.84 Å². The quantitative estimate of drug-likeness (QED) is 0.725. The van der Waals surface area contributed by atoms with E-state index in [9.17, 15) is 9.90 Å². The smallest absolute Gasteiger partial charge is 0.190 e. The molecule has 0 radical (unpaired) electrons. The summed E-state index contributed by atoms with van der Waals surface area (Å²) < 4.78 is 5.58. The third-order valence-corrected chi connectivity index (χ3v) is 5.34. The summed E-state index contributed by atoms with van der Waals surface area (Å²) in [4.78, 5) is 12.3. The molecule has 3 nitrogen and oxygen atoms in total. The molecule has 18 heavy (non-hydrogen) atoms. The van der Waals surface area contributed by atoms with Gasteiger partial charge in [-0.25, -0.2) is 0 Å². The summed E-state index contributed by atoms with van der Waals surface area (Å²) in [6, 6.07) is 0. The van der Waals surface area contributed by atoms with Crippen LogP contribution in [-0.2, 0) is 9.53 Å². The zero-order valence-electron chi connectivity index (χ0n) is 11.6. The Morgan fingerprint density at radius 1 is 1.50 bits per heavy atom. The zero-order valence-corrected chi connectivity index (χ0v) is 11.6. The molecule has 3 aliphatic rings. The minimum Gasteiger partial charge on any atom is -0.390 e. The van der Waals surface area contributed by atoms with Gasteiger partial charge in [0.15, 0.2) is 5.78 Å².